The summed E-state index contributed by atoms with van der Waals surface area (Å²) >= 11 is 0. The number of hydrogen-bond acceptors (Lipinski definition) is 4. The molecule has 0 saturated carbocycles. The van der Waals surface area contributed by atoms with Gasteiger partial charge in [0.2, 0.25) is 10.0 Å². The van der Waals surface area contributed by atoms with Crippen LogP contribution in [0.4, 0.5) is 4.39 Å². The van der Waals surface area contributed by atoms with E-state index < -0.39 is 27.9 Å². The maximum Gasteiger partial charge on any atom is 0.335 e. The average Bonchev–Trinajstić information content (AvgIpc) is 2.63. The Balaban J connectivity index is 2.47. The highest BCUT2D eigenvalue weighted by Crippen LogP contribution is 2.26. The minimum absolute atomic E-state index is 0.0690. The fraction of sp³-hybridized carbons (Fsp3) is 0.250. The fourth-order valence-corrected chi connectivity index (χ4v) is 3.73. The minimum atomic E-state index is -3.93. The Labute approximate surface area is 158 Å². The Morgan fingerprint density at radius 3 is 2.26 bits per heavy atom. The highest BCUT2D eigenvalue weighted by Gasteiger charge is 2.28. The van der Waals surface area contributed by atoms with E-state index in [1.54, 1.807) is 26.0 Å². The number of sulfonamides is 1. The van der Waals surface area contributed by atoms with Gasteiger partial charge in [-0.25, -0.2) is 17.6 Å². The van der Waals surface area contributed by atoms with E-state index in [1.807, 2.05) is 6.92 Å². The van der Waals surface area contributed by atoms with Crippen LogP contribution >= 0.6 is 0 Å². The van der Waals surface area contributed by atoms with E-state index in [1.165, 1.54) is 42.5 Å². The number of hydrogen-bond donors (Lipinski definition) is 1. The van der Waals surface area contributed by atoms with Gasteiger partial charge in [0.25, 0.3) is 0 Å². The molecule has 0 fully saturated rings. The average molecular weight is 391 g/mol. The van der Waals surface area contributed by atoms with Crippen molar-refractivity contribution in [2.75, 3.05) is 6.61 Å². The zero-order valence-electron chi connectivity index (χ0n) is 15.4. The van der Waals surface area contributed by atoms with Crippen molar-refractivity contribution in [2.24, 2.45) is 0 Å². The lowest BCUT2D eigenvalue weighted by atomic mass is 9.99. The van der Waals surface area contributed by atoms with Gasteiger partial charge in [-0.15, -0.1) is 0 Å². The molecule has 5 nitrogen and oxygen atoms in total. The third kappa shape index (κ3) is 5.24. The molecule has 27 heavy (non-hydrogen) atoms. The third-order valence-electron chi connectivity index (χ3n) is 3.94. The van der Waals surface area contributed by atoms with Crippen LogP contribution in [0.5, 0.6) is 0 Å². The topological polar surface area (TPSA) is 72.5 Å². The van der Waals surface area contributed by atoms with Crippen LogP contribution in [0.3, 0.4) is 0 Å². The molecular weight excluding hydrogens is 369 g/mol. The molecule has 2 aromatic rings. The number of carbonyl (C=O) groups is 1. The maximum absolute atomic E-state index is 13.3. The second-order valence-corrected chi connectivity index (χ2v) is 7.60. The Kier molecular flexibility index (Phi) is 6.87. The van der Waals surface area contributed by atoms with Crippen LogP contribution < -0.4 is 4.72 Å². The summed E-state index contributed by atoms with van der Waals surface area (Å²) in [5.74, 6) is -1.10. The molecular formula is C20H22FNO4S. The molecule has 0 radical (unpaired) electrons. The molecule has 0 amide bonds. The first-order chi connectivity index (χ1) is 12.8. The van der Waals surface area contributed by atoms with Crippen LogP contribution in [0.2, 0.25) is 0 Å². The van der Waals surface area contributed by atoms with E-state index in [0.717, 1.165) is 5.56 Å². The lowest BCUT2D eigenvalue weighted by Gasteiger charge is -2.21. The summed E-state index contributed by atoms with van der Waals surface area (Å²) in [6.07, 6.45) is 1.49. The summed E-state index contributed by atoms with van der Waals surface area (Å²) in [6.45, 7) is 5.28. The van der Waals surface area contributed by atoms with Gasteiger partial charge in [0, 0.05) is 0 Å². The lowest BCUT2D eigenvalue weighted by molar-refractivity contribution is -0.138. The van der Waals surface area contributed by atoms with Crippen LogP contribution in [0, 0.1) is 12.7 Å². The molecule has 0 aliphatic rings. The summed E-state index contributed by atoms with van der Waals surface area (Å²) < 4.78 is 46.5. The second kappa shape index (κ2) is 8.92. The summed E-state index contributed by atoms with van der Waals surface area (Å²) in [7, 11) is -3.93. The van der Waals surface area contributed by atoms with Gasteiger partial charge >= 0.3 is 5.97 Å². The molecule has 144 valence electrons. The fourth-order valence-electron chi connectivity index (χ4n) is 2.52. The molecule has 7 heteroatoms. The highest BCUT2D eigenvalue weighted by atomic mass is 32.2. The monoisotopic (exact) mass is 391 g/mol. The van der Waals surface area contributed by atoms with Crippen molar-refractivity contribution in [3.05, 3.63) is 77.1 Å². The predicted octanol–water partition coefficient (Wildman–Crippen LogP) is 3.66. The van der Waals surface area contributed by atoms with Crippen LogP contribution in [0.25, 0.3) is 0 Å². The Morgan fingerprint density at radius 1 is 1.15 bits per heavy atom. The largest absolute Gasteiger partial charge is 0.463 e. The SMILES string of the molecule is CC=C(C(=O)OCC)C(NS(=O)(=O)c1ccc(C)cc1)c1ccc(F)cc1. The number of allylic oxidation sites excluding steroid dienone is 1. The molecule has 0 bridgehead atoms. The van der Waals surface area contributed by atoms with Gasteiger partial charge in [-0.1, -0.05) is 35.9 Å². The van der Waals surface area contributed by atoms with Crippen molar-refractivity contribution in [3.8, 4) is 0 Å². The van der Waals surface area contributed by atoms with Crippen LogP contribution in [0.1, 0.15) is 31.0 Å². The normalized spacial score (nSPS) is 13.3. The first-order valence-corrected chi connectivity index (χ1v) is 9.94. The van der Waals surface area contributed by atoms with Gasteiger partial charge in [-0.3, -0.25) is 0 Å². The van der Waals surface area contributed by atoms with Crippen LogP contribution in [0.15, 0.2) is 65.1 Å². The minimum Gasteiger partial charge on any atom is -0.463 e. The van der Waals surface area contributed by atoms with Crippen LogP contribution in [-0.4, -0.2) is 21.0 Å². The van der Waals surface area contributed by atoms with E-state index in [2.05, 4.69) is 4.72 Å². The van der Waals surface area contributed by atoms with Gasteiger partial charge in [0.05, 0.1) is 23.1 Å². The van der Waals surface area contributed by atoms with Crippen molar-refractivity contribution in [1.82, 2.24) is 4.72 Å². The quantitative estimate of drug-likeness (QED) is 0.577. The van der Waals surface area contributed by atoms with Crippen molar-refractivity contribution >= 4 is 16.0 Å². The van der Waals surface area contributed by atoms with E-state index in [9.17, 15) is 17.6 Å². The van der Waals surface area contributed by atoms with E-state index in [4.69, 9.17) is 4.74 Å². The van der Waals surface area contributed by atoms with Gasteiger partial charge in [-0.2, -0.15) is 4.72 Å². The lowest BCUT2D eigenvalue weighted by Crippen LogP contribution is -2.32. The van der Waals surface area contributed by atoms with E-state index >= 15 is 0 Å². The highest BCUT2D eigenvalue weighted by molar-refractivity contribution is 7.89. The molecule has 0 spiro atoms. The molecule has 2 aromatic carbocycles. The van der Waals surface area contributed by atoms with Crippen molar-refractivity contribution < 1.29 is 22.3 Å². The van der Waals surface area contributed by atoms with Gasteiger partial charge < -0.3 is 4.74 Å². The summed E-state index contributed by atoms with van der Waals surface area (Å²) in [5.41, 5.74) is 1.47. The number of halogens is 1. The summed E-state index contributed by atoms with van der Waals surface area (Å²) in [5, 5.41) is 0. The predicted molar refractivity (Wildman–Crippen MR) is 101 cm³/mol. The number of benzene rings is 2. The molecule has 0 aromatic heterocycles. The number of nitrogens with one attached hydrogen (secondary N) is 1. The molecule has 2 rings (SSSR count). The Hall–Kier alpha value is -2.51. The van der Waals surface area contributed by atoms with Gasteiger partial charge in [0.1, 0.15) is 5.82 Å². The number of carbonyl (C=O) groups excluding carboxylic acids is 1. The smallest absolute Gasteiger partial charge is 0.335 e. The van der Waals surface area contributed by atoms with Crippen molar-refractivity contribution in [2.45, 2.75) is 31.7 Å². The number of aryl methyl sites for hydroxylation is 1. The third-order valence-corrected chi connectivity index (χ3v) is 5.38. The molecule has 0 aliphatic heterocycles. The van der Waals surface area contributed by atoms with E-state index in [0.29, 0.717) is 5.56 Å². The van der Waals surface area contributed by atoms with Crippen LogP contribution in [-0.2, 0) is 19.6 Å². The number of rotatable bonds is 7. The van der Waals surface area contributed by atoms with Crippen molar-refractivity contribution in [3.63, 3.8) is 0 Å². The first-order valence-electron chi connectivity index (χ1n) is 8.46. The number of ether oxygens (including phenoxy) is 1. The summed E-state index contributed by atoms with van der Waals surface area (Å²) in [4.78, 5) is 12.4. The molecule has 0 aliphatic carbocycles. The van der Waals surface area contributed by atoms with Gasteiger partial charge in [0.15, 0.2) is 0 Å². The molecule has 0 heterocycles. The van der Waals surface area contributed by atoms with Crippen molar-refractivity contribution in [1.29, 1.82) is 0 Å². The zero-order valence-corrected chi connectivity index (χ0v) is 16.2. The number of esters is 1. The second-order valence-electron chi connectivity index (χ2n) is 5.88. The van der Waals surface area contributed by atoms with Gasteiger partial charge in [-0.05, 0) is 50.6 Å². The first kappa shape index (κ1) is 20.8. The standard InChI is InChI=1S/C20H22FNO4S/c1-4-18(20(23)26-5-2)19(15-8-10-16(21)11-9-15)22-27(24,25)17-12-6-14(3)7-13-17/h4,6-13,19,22H,5H2,1-3H3. The maximum atomic E-state index is 13.3. The molecule has 0 saturated heterocycles. The molecule has 1 unspecified atom stereocenters. The molecule has 1 atom stereocenters. The molecule has 1 N–H and O–H groups in total. The Morgan fingerprint density at radius 2 is 1.74 bits per heavy atom. The Bertz CT molecular complexity index is 919. The zero-order chi connectivity index (χ0) is 20.0. The summed E-state index contributed by atoms with van der Waals surface area (Å²) in [6, 6.07) is 10.6. The van der Waals surface area contributed by atoms with E-state index in [-0.39, 0.29) is 17.1 Å².